The van der Waals surface area contributed by atoms with Gasteiger partial charge in [-0.15, -0.1) is 0 Å². The van der Waals surface area contributed by atoms with Crippen LogP contribution in [0.3, 0.4) is 0 Å². The monoisotopic (exact) mass is 604 g/mol. The number of aryl methyl sites for hydroxylation is 2. The number of pyridine rings is 1. The van der Waals surface area contributed by atoms with E-state index in [4.69, 9.17) is 26.2 Å². The van der Waals surface area contributed by atoms with E-state index in [0.29, 0.717) is 33.1 Å². The highest BCUT2D eigenvalue weighted by Gasteiger charge is 2.25. The first kappa shape index (κ1) is 34.5. The van der Waals surface area contributed by atoms with Crippen LogP contribution in [-0.4, -0.2) is 34.9 Å². The molecule has 1 unspecified atom stereocenters. The van der Waals surface area contributed by atoms with Crippen LogP contribution in [0.1, 0.15) is 53.9 Å². The Morgan fingerprint density at radius 2 is 1.51 bits per heavy atom. The summed E-state index contributed by atoms with van der Waals surface area (Å²) in [5.74, 6) is -0.164. The lowest BCUT2D eigenvalue weighted by Crippen LogP contribution is -2.34. The van der Waals surface area contributed by atoms with E-state index in [-0.39, 0.29) is 24.6 Å². The zero-order chi connectivity index (χ0) is 32.1. The normalized spacial score (nSPS) is 10.7. The topological polar surface area (TPSA) is 115 Å². The number of rotatable bonds is 8. The van der Waals surface area contributed by atoms with Gasteiger partial charge in [0.15, 0.2) is 5.78 Å². The van der Waals surface area contributed by atoms with E-state index >= 15 is 0 Å². The SMILES string of the molecule is CC.COc1cn(C(Cc2ccc(C)cc2)C(=O)Nc2ccc(C)cc2)c(=O)cc1-c1cc(Cl)ccc1C(C)=O.O=CO. The fraction of sp³-hybridized carbons (Fsp3) is 0.235. The number of ketones is 1. The van der Waals surface area contributed by atoms with Gasteiger partial charge in [-0.3, -0.25) is 23.7 Å². The molecule has 0 saturated carbocycles. The van der Waals surface area contributed by atoms with Crippen LogP contribution in [0.4, 0.5) is 5.69 Å². The van der Waals surface area contributed by atoms with Crippen LogP contribution in [0.5, 0.6) is 5.75 Å². The molecule has 3 aromatic carbocycles. The van der Waals surface area contributed by atoms with Gasteiger partial charge in [-0.1, -0.05) is 73.0 Å². The van der Waals surface area contributed by atoms with E-state index in [2.05, 4.69) is 5.32 Å². The van der Waals surface area contributed by atoms with Gasteiger partial charge in [0.25, 0.3) is 12.0 Å². The highest BCUT2D eigenvalue weighted by molar-refractivity contribution is 6.31. The average Bonchev–Trinajstić information content (AvgIpc) is 2.99. The van der Waals surface area contributed by atoms with E-state index in [9.17, 15) is 14.4 Å². The Morgan fingerprint density at radius 3 is 2.05 bits per heavy atom. The molecular weight excluding hydrogens is 568 g/mol. The van der Waals surface area contributed by atoms with Crippen molar-refractivity contribution in [2.24, 2.45) is 0 Å². The number of carbonyl (C=O) groups is 3. The second kappa shape index (κ2) is 16.7. The molecule has 226 valence electrons. The number of nitrogens with one attached hydrogen (secondary N) is 1. The summed E-state index contributed by atoms with van der Waals surface area (Å²) in [5.41, 5.74) is 4.63. The molecular formula is C34H37ClN2O6. The zero-order valence-corrected chi connectivity index (χ0v) is 25.9. The number of carbonyl (C=O) groups excluding carboxylic acids is 2. The quantitative estimate of drug-likeness (QED) is 0.163. The number of hydrogen-bond acceptors (Lipinski definition) is 5. The Morgan fingerprint density at radius 1 is 0.953 bits per heavy atom. The fourth-order valence-corrected chi connectivity index (χ4v) is 4.49. The van der Waals surface area contributed by atoms with Crippen molar-refractivity contribution in [1.82, 2.24) is 4.57 Å². The first-order valence-electron chi connectivity index (χ1n) is 13.7. The molecule has 0 aliphatic heterocycles. The van der Waals surface area contributed by atoms with E-state index in [1.54, 1.807) is 18.2 Å². The van der Waals surface area contributed by atoms with Crippen molar-refractivity contribution in [2.45, 2.75) is 47.1 Å². The number of Topliss-reactive ketones (excluding diaryl/α,β-unsaturated/α-hetero) is 1. The summed E-state index contributed by atoms with van der Waals surface area (Å²) in [6.07, 6.45) is 1.81. The molecule has 1 aromatic heterocycles. The van der Waals surface area contributed by atoms with Crippen molar-refractivity contribution in [2.75, 3.05) is 12.4 Å². The Balaban J connectivity index is 0.00000121. The Kier molecular flexibility index (Phi) is 13.4. The number of halogens is 1. The van der Waals surface area contributed by atoms with Crippen molar-refractivity contribution in [3.8, 4) is 16.9 Å². The van der Waals surface area contributed by atoms with Gasteiger partial charge in [-0.2, -0.15) is 0 Å². The summed E-state index contributed by atoms with van der Waals surface area (Å²) in [7, 11) is 1.48. The third-order valence-electron chi connectivity index (χ3n) is 6.42. The van der Waals surface area contributed by atoms with Gasteiger partial charge in [-0.05, 0) is 62.2 Å². The van der Waals surface area contributed by atoms with Crippen molar-refractivity contribution >= 4 is 35.5 Å². The summed E-state index contributed by atoms with van der Waals surface area (Å²) in [4.78, 5) is 47.8. The van der Waals surface area contributed by atoms with Gasteiger partial charge in [0.05, 0.1) is 13.3 Å². The van der Waals surface area contributed by atoms with Crippen molar-refractivity contribution in [3.05, 3.63) is 117 Å². The van der Waals surface area contributed by atoms with Gasteiger partial charge in [-0.25, -0.2) is 0 Å². The number of aromatic nitrogens is 1. The molecule has 43 heavy (non-hydrogen) atoms. The van der Waals surface area contributed by atoms with Gasteiger partial charge in [0.1, 0.15) is 11.8 Å². The minimum atomic E-state index is -0.860. The average molecular weight is 605 g/mol. The first-order chi connectivity index (χ1) is 20.6. The number of benzene rings is 3. The summed E-state index contributed by atoms with van der Waals surface area (Å²) in [5, 5.41) is 10.3. The molecule has 0 saturated heterocycles. The fourth-order valence-electron chi connectivity index (χ4n) is 4.32. The highest BCUT2D eigenvalue weighted by Crippen LogP contribution is 2.34. The van der Waals surface area contributed by atoms with E-state index in [0.717, 1.165) is 16.7 Å². The predicted octanol–water partition coefficient (Wildman–Crippen LogP) is 7.15. The van der Waals surface area contributed by atoms with E-state index in [1.165, 1.54) is 30.9 Å². The van der Waals surface area contributed by atoms with E-state index < -0.39 is 11.6 Å². The second-order valence-corrected chi connectivity index (χ2v) is 9.85. The summed E-state index contributed by atoms with van der Waals surface area (Å²) in [6, 6.07) is 20.7. The molecule has 4 aromatic rings. The summed E-state index contributed by atoms with van der Waals surface area (Å²) >= 11 is 6.23. The first-order valence-corrected chi connectivity index (χ1v) is 14.1. The zero-order valence-electron chi connectivity index (χ0n) is 25.2. The number of ether oxygens (including phenoxy) is 1. The van der Waals surface area contributed by atoms with Crippen LogP contribution in [0, 0.1) is 13.8 Å². The number of amides is 1. The lowest BCUT2D eigenvalue weighted by atomic mass is 9.97. The molecule has 0 aliphatic rings. The molecule has 2 N–H and O–H groups in total. The summed E-state index contributed by atoms with van der Waals surface area (Å²) in [6.45, 7) is 9.16. The minimum absolute atomic E-state index is 0.169. The molecule has 0 spiro atoms. The largest absolute Gasteiger partial charge is 0.495 e. The predicted molar refractivity (Wildman–Crippen MR) is 171 cm³/mol. The van der Waals surface area contributed by atoms with Crippen LogP contribution < -0.4 is 15.6 Å². The number of methoxy groups -OCH3 is 1. The maximum absolute atomic E-state index is 13.6. The molecule has 0 aliphatic carbocycles. The number of carboxylic acid groups (broad SMARTS) is 1. The van der Waals surface area contributed by atoms with Crippen molar-refractivity contribution in [1.29, 1.82) is 0 Å². The molecule has 1 amide bonds. The molecule has 8 nitrogen and oxygen atoms in total. The molecule has 0 bridgehead atoms. The van der Waals surface area contributed by atoms with Crippen LogP contribution in [-0.2, 0) is 16.0 Å². The van der Waals surface area contributed by atoms with Gasteiger partial charge in [0.2, 0.25) is 5.91 Å². The van der Waals surface area contributed by atoms with Gasteiger partial charge >= 0.3 is 0 Å². The lowest BCUT2D eigenvalue weighted by Gasteiger charge is -2.22. The second-order valence-electron chi connectivity index (χ2n) is 9.41. The van der Waals surface area contributed by atoms with Crippen LogP contribution in [0.2, 0.25) is 5.02 Å². The number of nitrogens with zero attached hydrogens (tertiary/aromatic N) is 1. The molecule has 9 heteroatoms. The minimum Gasteiger partial charge on any atom is -0.495 e. The maximum atomic E-state index is 13.6. The van der Waals surface area contributed by atoms with Gasteiger partial charge in [0, 0.05) is 34.3 Å². The Labute approximate surface area is 256 Å². The number of anilines is 1. The Hall–Kier alpha value is -4.69. The highest BCUT2D eigenvalue weighted by atomic mass is 35.5. The van der Waals surface area contributed by atoms with Crippen molar-refractivity contribution in [3.63, 3.8) is 0 Å². The molecule has 1 atom stereocenters. The number of hydrogen-bond donors (Lipinski definition) is 2. The smallest absolute Gasteiger partial charge is 0.290 e. The maximum Gasteiger partial charge on any atom is 0.290 e. The third kappa shape index (κ3) is 9.41. The van der Waals surface area contributed by atoms with E-state index in [1.807, 2.05) is 76.2 Å². The van der Waals surface area contributed by atoms with Gasteiger partial charge < -0.3 is 15.2 Å². The van der Waals surface area contributed by atoms with Crippen LogP contribution in [0.15, 0.2) is 83.8 Å². The molecule has 0 radical (unpaired) electrons. The Bertz CT molecular complexity index is 1600. The van der Waals surface area contributed by atoms with Crippen molar-refractivity contribution < 1.29 is 24.2 Å². The third-order valence-corrected chi connectivity index (χ3v) is 6.66. The lowest BCUT2D eigenvalue weighted by molar-refractivity contribution is -0.123. The standard InChI is InChI=1S/C31H29ClN2O4.C2H6.CH2O2/c1-19-5-9-22(10-6-19)15-28(31(37)33-24-12-7-20(2)8-13-24)34-18-29(38-4)27(17-30(34)36)26-16-23(32)11-14-25(26)21(3)35;1-2;2-1-3/h5-14,16-18,28H,15H2,1-4H3,(H,33,37);1-2H3;1H,(H,2,3). The molecule has 0 fully saturated rings. The van der Waals surface area contributed by atoms with Crippen LogP contribution in [0.25, 0.3) is 11.1 Å². The van der Waals surface area contributed by atoms with Crippen LogP contribution >= 0.6 is 11.6 Å². The molecule has 1 heterocycles. The molecule has 4 rings (SSSR count). The summed E-state index contributed by atoms with van der Waals surface area (Å²) < 4.78 is 7.03.